The number of aliphatic hydroxyl groups is 1. The van der Waals surface area contributed by atoms with Gasteiger partial charge in [0, 0.05) is 4.47 Å². The molecular weight excluding hydrogens is 248 g/mol. The van der Waals surface area contributed by atoms with Gasteiger partial charge in [-0.3, -0.25) is 0 Å². The van der Waals surface area contributed by atoms with E-state index in [0.717, 1.165) is 4.47 Å². The van der Waals surface area contributed by atoms with E-state index in [1.807, 2.05) is 0 Å². The van der Waals surface area contributed by atoms with Crippen LogP contribution in [0.3, 0.4) is 0 Å². The van der Waals surface area contributed by atoms with Crippen molar-refractivity contribution in [1.82, 2.24) is 0 Å². The van der Waals surface area contributed by atoms with Gasteiger partial charge in [-0.1, -0.05) is 35.0 Å². The summed E-state index contributed by atoms with van der Waals surface area (Å²) in [5.74, 6) is -1.22. The minimum atomic E-state index is -1.78. The second-order valence-electron chi connectivity index (χ2n) is 3.03. The number of hydrogen-bond donors (Lipinski definition) is 2. The highest BCUT2D eigenvalue weighted by atomic mass is 79.9. The smallest absolute Gasteiger partial charge is 0.340 e. The quantitative estimate of drug-likeness (QED) is 0.874. The van der Waals surface area contributed by atoms with Gasteiger partial charge >= 0.3 is 5.97 Å². The summed E-state index contributed by atoms with van der Waals surface area (Å²) in [5, 5.41) is 18.7. The minimum absolute atomic E-state index is 0.143. The molecule has 0 fully saturated rings. The fourth-order valence-corrected chi connectivity index (χ4v) is 1.47. The van der Waals surface area contributed by atoms with Gasteiger partial charge < -0.3 is 10.2 Å². The summed E-state index contributed by atoms with van der Waals surface area (Å²) in [6, 6.07) is 6.61. The lowest BCUT2D eigenvalue weighted by molar-refractivity contribution is -0.160. The fourth-order valence-electron chi connectivity index (χ4n) is 1.20. The predicted molar refractivity (Wildman–Crippen MR) is 56.0 cm³/mol. The molecule has 0 heterocycles. The monoisotopic (exact) mass is 258 g/mol. The fraction of sp³-hybridized carbons (Fsp3) is 0.300. The Balaban J connectivity index is 3.13. The van der Waals surface area contributed by atoms with E-state index >= 15 is 0 Å². The molecule has 0 aliphatic carbocycles. The first-order valence-corrected chi connectivity index (χ1v) is 5.02. The third-order valence-corrected chi connectivity index (χ3v) is 2.72. The van der Waals surface area contributed by atoms with Gasteiger partial charge in [-0.2, -0.15) is 0 Å². The number of carboxylic acid groups (broad SMARTS) is 1. The van der Waals surface area contributed by atoms with E-state index in [9.17, 15) is 9.90 Å². The molecule has 76 valence electrons. The van der Waals surface area contributed by atoms with Crippen molar-refractivity contribution in [1.29, 1.82) is 0 Å². The zero-order valence-corrected chi connectivity index (χ0v) is 9.28. The highest BCUT2D eigenvalue weighted by Gasteiger charge is 2.35. The van der Waals surface area contributed by atoms with Crippen molar-refractivity contribution in [3.63, 3.8) is 0 Å². The van der Waals surface area contributed by atoms with Crippen molar-refractivity contribution in [2.45, 2.75) is 18.9 Å². The van der Waals surface area contributed by atoms with E-state index in [-0.39, 0.29) is 6.42 Å². The van der Waals surface area contributed by atoms with Crippen LogP contribution < -0.4 is 0 Å². The van der Waals surface area contributed by atoms with Crippen LogP contribution in [-0.2, 0) is 10.4 Å². The van der Waals surface area contributed by atoms with Gasteiger partial charge in [0.15, 0.2) is 5.60 Å². The maximum Gasteiger partial charge on any atom is 0.340 e. The lowest BCUT2D eigenvalue weighted by Gasteiger charge is -2.21. The van der Waals surface area contributed by atoms with Crippen molar-refractivity contribution in [2.24, 2.45) is 0 Å². The Kier molecular flexibility index (Phi) is 3.29. The number of benzene rings is 1. The van der Waals surface area contributed by atoms with Crippen LogP contribution in [0.25, 0.3) is 0 Å². The Hall–Kier alpha value is -0.870. The molecule has 0 saturated carbocycles. The number of rotatable bonds is 3. The molecule has 0 saturated heterocycles. The maximum absolute atomic E-state index is 10.9. The maximum atomic E-state index is 10.9. The molecular formula is C10H11BrO3. The third-order valence-electron chi connectivity index (χ3n) is 2.19. The molecule has 1 aromatic carbocycles. The van der Waals surface area contributed by atoms with Crippen molar-refractivity contribution in [3.8, 4) is 0 Å². The minimum Gasteiger partial charge on any atom is -0.479 e. The molecule has 0 aliphatic heterocycles. The van der Waals surface area contributed by atoms with Crippen LogP contribution in [-0.4, -0.2) is 16.2 Å². The van der Waals surface area contributed by atoms with E-state index in [1.165, 1.54) is 0 Å². The molecule has 0 unspecified atom stereocenters. The summed E-state index contributed by atoms with van der Waals surface area (Å²) in [7, 11) is 0. The van der Waals surface area contributed by atoms with E-state index in [2.05, 4.69) is 15.9 Å². The van der Waals surface area contributed by atoms with Gasteiger partial charge in [0.2, 0.25) is 0 Å². The van der Waals surface area contributed by atoms with Gasteiger partial charge in [-0.25, -0.2) is 4.79 Å². The molecule has 2 N–H and O–H groups in total. The number of carbonyl (C=O) groups is 1. The summed E-state index contributed by atoms with van der Waals surface area (Å²) in [4.78, 5) is 10.9. The summed E-state index contributed by atoms with van der Waals surface area (Å²) >= 11 is 3.24. The van der Waals surface area contributed by atoms with Crippen LogP contribution >= 0.6 is 15.9 Å². The van der Waals surface area contributed by atoms with E-state index < -0.39 is 11.6 Å². The van der Waals surface area contributed by atoms with Gasteiger partial charge in [0.1, 0.15) is 0 Å². The first kappa shape index (κ1) is 11.2. The average molecular weight is 259 g/mol. The number of halogens is 1. The normalized spacial score (nSPS) is 14.8. The summed E-state index contributed by atoms with van der Waals surface area (Å²) in [5.41, 5.74) is -1.38. The highest BCUT2D eigenvalue weighted by molar-refractivity contribution is 9.10. The number of carboxylic acids is 1. The summed E-state index contributed by atoms with van der Waals surface area (Å²) in [6.07, 6.45) is 0.143. The van der Waals surface area contributed by atoms with Crippen LogP contribution in [0, 0.1) is 0 Å². The average Bonchev–Trinajstić information content (AvgIpc) is 2.17. The zero-order chi connectivity index (χ0) is 10.8. The van der Waals surface area contributed by atoms with Crippen LogP contribution in [0.2, 0.25) is 0 Å². The van der Waals surface area contributed by atoms with Crippen LogP contribution in [0.4, 0.5) is 0 Å². The lowest BCUT2D eigenvalue weighted by Crippen LogP contribution is -2.34. The standard InChI is InChI=1S/C10H11BrO3/c1-2-10(14,9(12)13)7-3-5-8(11)6-4-7/h3-6,14H,2H2,1H3,(H,12,13)/t10-/m1/s1. The number of aliphatic carboxylic acids is 1. The molecule has 0 aromatic heterocycles. The van der Waals surface area contributed by atoms with Crippen molar-refractivity contribution < 1.29 is 15.0 Å². The van der Waals surface area contributed by atoms with Gasteiger partial charge in [0.25, 0.3) is 0 Å². The molecule has 0 amide bonds. The second-order valence-corrected chi connectivity index (χ2v) is 3.94. The molecule has 14 heavy (non-hydrogen) atoms. The Labute approximate surface area is 90.5 Å². The topological polar surface area (TPSA) is 57.5 Å². The molecule has 0 bridgehead atoms. The van der Waals surface area contributed by atoms with Gasteiger partial charge in [0.05, 0.1) is 0 Å². The Morgan fingerprint density at radius 2 is 1.93 bits per heavy atom. The van der Waals surface area contributed by atoms with E-state index in [0.29, 0.717) is 5.56 Å². The molecule has 1 aromatic rings. The van der Waals surface area contributed by atoms with Crippen LogP contribution in [0.15, 0.2) is 28.7 Å². The second kappa shape index (κ2) is 4.11. The third kappa shape index (κ3) is 1.96. The Morgan fingerprint density at radius 1 is 1.43 bits per heavy atom. The first-order chi connectivity index (χ1) is 6.50. The summed E-state index contributed by atoms with van der Waals surface area (Å²) in [6.45, 7) is 1.64. The number of hydrogen-bond acceptors (Lipinski definition) is 2. The van der Waals surface area contributed by atoms with E-state index in [1.54, 1.807) is 31.2 Å². The van der Waals surface area contributed by atoms with Crippen molar-refractivity contribution in [2.75, 3.05) is 0 Å². The van der Waals surface area contributed by atoms with Gasteiger partial charge in [-0.05, 0) is 24.1 Å². The molecule has 4 heteroatoms. The van der Waals surface area contributed by atoms with E-state index in [4.69, 9.17) is 5.11 Å². The Morgan fingerprint density at radius 3 is 2.29 bits per heavy atom. The predicted octanol–water partition coefficient (Wildman–Crippen LogP) is 2.13. The summed E-state index contributed by atoms with van der Waals surface area (Å²) < 4.78 is 0.852. The van der Waals surface area contributed by atoms with Gasteiger partial charge in [-0.15, -0.1) is 0 Å². The molecule has 1 atom stereocenters. The molecule has 0 radical (unpaired) electrons. The molecule has 3 nitrogen and oxygen atoms in total. The van der Waals surface area contributed by atoms with Crippen LogP contribution in [0.1, 0.15) is 18.9 Å². The SMILES string of the molecule is CC[C@](O)(C(=O)O)c1ccc(Br)cc1. The van der Waals surface area contributed by atoms with Crippen molar-refractivity contribution >= 4 is 21.9 Å². The van der Waals surface area contributed by atoms with Crippen LogP contribution in [0.5, 0.6) is 0 Å². The molecule has 0 spiro atoms. The highest BCUT2D eigenvalue weighted by Crippen LogP contribution is 2.26. The zero-order valence-electron chi connectivity index (χ0n) is 7.70. The Bertz CT molecular complexity index is 334. The largest absolute Gasteiger partial charge is 0.479 e. The molecule has 1 rings (SSSR count). The lowest BCUT2D eigenvalue weighted by atomic mass is 9.91. The molecule has 0 aliphatic rings. The first-order valence-electron chi connectivity index (χ1n) is 4.22. The van der Waals surface area contributed by atoms with Crippen molar-refractivity contribution in [3.05, 3.63) is 34.3 Å².